The molecule has 0 unspecified atom stereocenters. The molecule has 1 rings (SSSR count). The molecule has 0 saturated heterocycles. The number of terminal acetylenes is 1. The standard InChI is InChI=1S/C11H15NO2/c1-3-10-4-7-12(8-5-10)11(13)6-9-14-2/h1,4H,5-9H2,2H3. The van der Waals surface area contributed by atoms with Crippen LogP contribution in [0.3, 0.4) is 0 Å². The van der Waals surface area contributed by atoms with Gasteiger partial charge in [-0.15, -0.1) is 6.42 Å². The zero-order valence-corrected chi connectivity index (χ0v) is 8.45. The second-order valence-corrected chi connectivity index (χ2v) is 3.21. The Kier molecular flexibility index (Phi) is 4.21. The lowest BCUT2D eigenvalue weighted by molar-refractivity contribution is -0.131. The van der Waals surface area contributed by atoms with E-state index in [9.17, 15) is 4.79 Å². The molecule has 1 amide bonds. The second-order valence-electron chi connectivity index (χ2n) is 3.21. The molecule has 0 saturated carbocycles. The minimum absolute atomic E-state index is 0.138. The Morgan fingerprint density at radius 1 is 1.79 bits per heavy atom. The van der Waals surface area contributed by atoms with Crippen molar-refractivity contribution in [2.45, 2.75) is 12.8 Å². The molecule has 0 aliphatic carbocycles. The molecule has 76 valence electrons. The lowest BCUT2D eigenvalue weighted by Crippen LogP contribution is -2.35. The van der Waals surface area contributed by atoms with Crippen molar-refractivity contribution in [1.82, 2.24) is 4.90 Å². The molecule has 0 aromatic carbocycles. The number of methoxy groups -OCH3 is 1. The first-order valence-electron chi connectivity index (χ1n) is 4.70. The van der Waals surface area contributed by atoms with Crippen molar-refractivity contribution in [2.75, 3.05) is 26.8 Å². The van der Waals surface area contributed by atoms with Gasteiger partial charge in [-0.25, -0.2) is 0 Å². The van der Waals surface area contributed by atoms with E-state index in [0.717, 1.165) is 18.5 Å². The van der Waals surface area contributed by atoms with Crippen molar-refractivity contribution in [3.8, 4) is 12.3 Å². The van der Waals surface area contributed by atoms with Crippen LogP contribution in [-0.4, -0.2) is 37.6 Å². The third kappa shape index (κ3) is 2.90. The summed E-state index contributed by atoms with van der Waals surface area (Å²) in [5, 5.41) is 0. The average molecular weight is 193 g/mol. The van der Waals surface area contributed by atoms with Crippen LogP contribution in [-0.2, 0) is 9.53 Å². The van der Waals surface area contributed by atoms with E-state index in [4.69, 9.17) is 11.2 Å². The minimum Gasteiger partial charge on any atom is -0.384 e. The summed E-state index contributed by atoms with van der Waals surface area (Å²) < 4.78 is 4.85. The van der Waals surface area contributed by atoms with Crippen molar-refractivity contribution < 1.29 is 9.53 Å². The molecule has 0 aromatic rings. The topological polar surface area (TPSA) is 29.5 Å². The third-order valence-corrected chi connectivity index (χ3v) is 2.27. The fourth-order valence-corrected chi connectivity index (χ4v) is 1.37. The fourth-order valence-electron chi connectivity index (χ4n) is 1.37. The predicted octanol–water partition coefficient (Wildman–Crippen LogP) is 0.815. The molecule has 0 bridgehead atoms. The van der Waals surface area contributed by atoms with Crippen LogP contribution in [0, 0.1) is 12.3 Å². The van der Waals surface area contributed by atoms with Crippen LogP contribution in [0.15, 0.2) is 11.6 Å². The minimum atomic E-state index is 0.138. The molecular weight excluding hydrogens is 178 g/mol. The van der Waals surface area contributed by atoms with Gasteiger partial charge in [-0.3, -0.25) is 4.79 Å². The first kappa shape index (κ1) is 10.8. The molecule has 0 fully saturated rings. The van der Waals surface area contributed by atoms with Crippen molar-refractivity contribution in [3.63, 3.8) is 0 Å². The van der Waals surface area contributed by atoms with Crippen LogP contribution in [0.4, 0.5) is 0 Å². The zero-order valence-electron chi connectivity index (χ0n) is 8.45. The van der Waals surface area contributed by atoms with Gasteiger partial charge in [0.25, 0.3) is 0 Å². The molecular formula is C11H15NO2. The second kappa shape index (κ2) is 5.46. The summed E-state index contributed by atoms with van der Waals surface area (Å²) in [4.78, 5) is 13.3. The van der Waals surface area contributed by atoms with Crippen LogP contribution in [0.2, 0.25) is 0 Å². The van der Waals surface area contributed by atoms with E-state index in [1.807, 2.05) is 6.08 Å². The smallest absolute Gasteiger partial charge is 0.225 e. The van der Waals surface area contributed by atoms with Crippen LogP contribution in [0.1, 0.15) is 12.8 Å². The van der Waals surface area contributed by atoms with E-state index >= 15 is 0 Å². The van der Waals surface area contributed by atoms with E-state index in [0.29, 0.717) is 19.6 Å². The number of nitrogens with zero attached hydrogens (tertiary/aromatic N) is 1. The number of amides is 1. The Balaban J connectivity index is 2.39. The summed E-state index contributed by atoms with van der Waals surface area (Å²) in [5.41, 5.74) is 1.00. The van der Waals surface area contributed by atoms with Crippen LogP contribution < -0.4 is 0 Å². The molecule has 1 heterocycles. The van der Waals surface area contributed by atoms with Gasteiger partial charge >= 0.3 is 0 Å². The molecule has 3 nitrogen and oxygen atoms in total. The Bertz CT molecular complexity index is 276. The molecule has 0 N–H and O–H groups in total. The maximum Gasteiger partial charge on any atom is 0.225 e. The maximum absolute atomic E-state index is 11.5. The highest BCUT2D eigenvalue weighted by Crippen LogP contribution is 2.10. The molecule has 0 atom stereocenters. The van der Waals surface area contributed by atoms with Crippen LogP contribution in [0.25, 0.3) is 0 Å². The predicted molar refractivity (Wildman–Crippen MR) is 54.6 cm³/mol. The highest BCUT2D eigenvalue weighted by atomic mass is 16.5. The van der Waals surface area contributed by atoms with Gasteiger partial charge in [0.15, 0.2) is 0 Å². The number of ether oxygens (including phenoxy) is 1. The van der Waals surface area contributed by atoms with Gasteiger partial charge in [-0.1, -0.05) is 12.0 Å². The summed E-state index contributed by atoms with van der Waals surface area (Å²) in [6.45, 7) is 1.86. The lowest BCUT2D eigenvalue weighted by Gasteiger charge is -2.24. The van der Waals surface area contributed by atoms with E-state index in [2.05, 4.69) is 5.92 Å². The lowest BCUT2D eigenvalue weighted by atomic mass is 10.1. The summed E-state index contributed by atoms with van der Waals surface area (Å²) in [5.74, 6) is 2.74. The third-order valence-electron chi connectivity index (χ3n) is 2.27. The SMILES string of the molecule is C#CC1=CCN(C(=O)CCOC)CC1. The van der Waals surface area contributed by atoms with Crippen molar-refractivity contribution in [1.29, 1.82) is 0 Å². The number of carbonyl (C=O) groups is 1. The molecule has 0 radical (unpaired) electrons. The Morgan fingerprint density at radius 3 is 3.07 bits per heavy atom. The van der Waals surface area contributed by atoms with Gasteiger partial charge < -0.3 is 9.64 Å². The van der Waals surface area contributed by atoms with Gasteiger partial charge in [0.05, 0.1) is 13.0 Å². The highest BCUT2D eigenvalue weighted by Gasteiger charge is 2.15. The normalized spacial score (nSPS) is 16.0. The molecule has 0 aromatic heterocycles. The van der Waals surface area contributed by atoms with E-state index in [1.165, 1.54) is 0 Å². The van der Waals surface area contributed by atoms with Gasteiger partial charge in [-0.2, -0.15) is 0 Å². The molecule has 1 aliphatic heterocycles. The average Bonchev–Trinajstić information content (AvgIpc) is 2.26. The van der Waals surface area contributed by atoms with Crippen molar-refractivity contribution in [2.24, 2.45) is 0 Å². The largest absolute Gasteiger partial charge is 0.384 e. The Morgan fingerprint density at radius 2 is 2.57 bits per heavy atom. The van der Waals surface area contributed by atoms with Crippen LogP contribution in [0.5, 0.6) is 0 Å². The van der Waals surface area contributed by atoms with Gasteiger partial charge in [0.2, 0.25) is 5.91 Å². The van der Waals surface area contributed by atoms with Crippen LogP contribution >= 0.6 is 0 Å². The fraction of sp³-hybridized carbons (Fsp3) is 0.545. The highest BCUT2D eigenvalue weighted by molar-refractivity contribution is 5.76. The number of hydrogen-bond acceptors (Lipinski definition) is 2. The molecule has 1 aliphatic rings. The van der Waals surface area contributed by atoms with E-state index < -0.39 is 0 Å². The summed E-state index contributed by atoms with van der Waals surface area (Å²) in [6.07, 6.45) is 8.46. The molecule has 3 heteroatoms. The van der Waals surface area contributed by atoms with Gasteiger partial charge in [0, 0.05) is 25.8 Å². The quantitative estimate of drug-likeness (QED) is 0.621. The van der Waals surface area contributed by atoms with E-state index in [1.54, 1.807) is 12.0 Å². The van der Waals surface area contributed by atoms with E-state index in [-0.39, 0.29) is 5.91 Å². The first-order chi connectivity index (χ1) is 6.77. The summed E-state index contributed by atoms with van der Waals surface area (Å²) in [6, 6.07) is 0. The van der Waals surface area contributed by atoms with Crippen molar-refractivity contribution >= 4 is 5.91 Å². The Labute approximate surface area is 84.7 Å². The molecule has 14 heavy (non-hydrogen) atoms. The summed E-state index contributed by atoms with van der Waals surface area (Å²) >= 11 is 0. The number of rotatable bonds is 3. The number of carbonyl (C=O) groups excluding carboxylic acids is 1. The zero-order chi connectivity index (χ0) is 10.4. The van der Waals surface area contributed by atoms with Gasteiger partial charge in [0.1, 0.15) is 0 Å². The van der Waals surface area contributed by atoms with Gasteiger partial charge in [-0.05, 0) is 6.42 Å². The monoisotopic (exact) mass is 193 g/mol. The maximum atomic E-state index is 11.5. The molecule has 0 spiro atoms. The Hall–Kier alpha value is -1.27. The summed E-state index contributed by atoms with van der Waals surface area (Å²) in [7, 11) is 1.60. The first-order valence-corrected chi connectivity index (χ1v) is 4.70. The number of hydrogen-bond donors (Lipinski definition) is 0. The van der Waals surface area contributed by atoms with Crippen molar-refractivity contribution in [3.05, 3.63) is 11.6 Å².